The molecule has 0 radical (unpaired) electrons. The van der Waals surface area contributed by atoms with Gasteiger partial charge in [0.05, 0.1) is 59.9 Å². The molecule has 0 bridgehead atoms. The molecule has 1 aliphatic rings. The van der Waals surface area contributed by atoms with E-state index < -0.39 is 0 Å². The quantitative estimate of drug-likeness (QED) is 0.467. The molecule has 8 nitrogen and oxygen atoms in total. The summed E-state index contributed by atoms with van der Waals surface area (Å²) in [7, 11) is 0. The molecule has 3 aromatic heterocycles. The average Bonchev–Trinajstić information content (AvgIpc) is 3.20. The molecule has 1 aromatic carbocycles. The Hall–Kier alpha value is -3.20. The van der Waals surface area contributed by atoms with Gasteiger partial charge in [0.2, 0.25) is 0 Å². The zero-order valence-electron chi connectivity index (χ0n) is 16.3. The molecule has 1 saturated carbocycles. The minimum absolute atomic E-state index is 0.126. The molecule has 0 aliphatic heterocycles. The fourth-order valence-electron chi connectivity index (χ4n) is 3.88. The first-order chi connectivity index (χ1) is 14.6. The van der Waals surface area contributed by atoms with Gasteiger partial charge in [-0.3, -0.25) is 4.98 Å². The van der Waals surface area contributed by atoms with E-state index in [0.29, 0.717) is 24.4 Å². The average molecular weight is 402 g/mol. The van der Waals surface area contributed by atoms with E-state index in [1.807, 2.05) is 30.3 Å². The molecule has 8 heteroatoms. The van der Waals surface area contributed by atoms with Crippen LogP contribution < -0.4 is 5.73 Å². The number of hydrogen-bond donors (Lipinski definition) is 3. The number of fused-ring (bicyclic) bond motifs is 1. The zero-order valence-corrected chi connectivity index (χ0v) is 16.3. The Morgan fingerprint density at radius 2 is 1.97 bits per heavy atom. The highest BCUT2D eigenvalue weighted by Gasteiger charge is 2.33. The summed E-state index contributed by atoms with van der Waals surface area (Å²) in [5.74, 6) is 0.873. The Morgan fingerprint density at radius 1 is 1.10 bits per heavy atom. The lowest BCUT2D eigenvalue weighted by atomic mass is 9.76. The Labute approximate surface area is 173 Å². The van der Waals surface area contributed by atoms with Gasteiger partial charge in [-0.1, -0.05) is 18.2 Å². The van der Waals surface area contributed by atoms with E-state index in [4.69, 9.17) is 10.7 Å². The summed E-state index contributed by atoms with van der Waals surface area (Å²) in [6.45, 7) is -0.126. The van der Waals surface area contributed by atoms with Crippen LogP contribution in [0.1, 0.15) is 30.3 Å². The van der Waals surface area contributed by atoms with Gasteiger partial charge in [0.1, 0.15) is 0 Å². The molecule has 0 spiro atoms. The molecule has 1 atom stereocenters. The fraction of sp³-hybridized carbons (Fsp3) is 0.273. The second-order valence-corrected chi connectivity index (χ2v) is 7.72. The van der Waals surface area contributed by atoms with Crippen molar-refractivity contribution in [1.29, 1.82) is 0 Å². The summed E-state index contributed by atoms with van der Waals surface area (Å²) in [6.07, 6.45) is 6.37. The van der Waals surface area contributed by atoms with Crippen molar-refractivity contribution >= 4 is 10.9 Å². The van der Waals surface area contributed by atoms with Crippen molar-refractivity contribution in [1.82, 2.24) is 24.7 Å². The third-order valence-electron chi connectivity index (χ3n) is 5.69. The molecule has 152 valence electrons. The van der Waals surface area contributed by atoms with E-state index in [9.17, 15) is 10.2 Å². The maximum absolute atomic E-state index is 9.56. The highest BCUT2D eigenvalue weighted by molar-refractivity contribution is 5.84. The number of pyridine rings is 1. The van der Waals surface area contributed by atoms with Gasteiger partial charge < -0.3 is 15.9 Å². The number of aliphatic hydroxyl groups excluding tert-OH is 2. The Bertz CT molecular complexity index is 1200. The molecule has 3 heterocycles. The fourth-order valence-corrected chi connectivity index (χ4v) is 3.88. The van der Waals surface area contributed by atoms with Crippen molar-refractivity contribution < 1.29 is 10.2 Å². The zero-order chi connectivity index (χ0) is 20.7. The third-order valence-corrected chi connectivity index (χ3v) is 5.69. The molecule has 1 aliphatic carbocycles. The summed E-state index contributed by atoms with van der Waals surface area (Å²) >= 11 is 0. The number of hydrogen-bond acceptors (Lipinski definition) is 7. The van der Waals surface area contributed by atoms with Gasteiger partial charge in [0.15, 0.2) is 5.82 Å². The minimum atomic E-state index is -0.252. The second kappa shape index (κ2) is 7.56. The van der Waals surface area contributed by atoms with E-state index in [1.54, 1.807) is 29.3 Å². The number of nitrogens with two attached hydrogens (primary N) is 1. The van der Waals surface area contributed by atoms with E-state index in [0.717, 1.165) is 27.9 Å². The summed E-state index contributed by atoms with van der Waals surface area (Å²) in [5, 5.41) is 24.4. The van der Waals surface area contributed by atoms with Crippen LogP contribution in [0.4, 0.5) is 0 Å². The van der Waals surface area contributed by atoms with E-state index in [-0.39, 0.29) is 24.7 Å². The van der Waals surface area contributed by atoms with Crippen LogP contribution in [0.3, 0.4) is 0 Å². The van der Waals surface area contributed by atoms with Crippen LogP contribution in [-0.2, 0) is 6.61 Å². The number of aromatic nitrogens is 5. The lowest BCUT2D eigenvalue weighted by Crippen LogP contribution is -2.36. The maximum atomic E-state index is 9.56. The first-order valence-electron chi connectivity index (χ1n) is 9.93. The monoisotopic (exact) mass is 402 g/mol. The van der Waals surface area contributed by atoms with E-state index in [1.165, 1.54) is 0 Å². The van der Waals surface area contributed by atoms with Crippen molar-refractivity contribution in [3.05, 3.63) is 66.4 Å². The molecular formula is C22H22N6O2. The van der Waals surface area contributed by atoms with Crippen LogP contribution >= 0.6 is 0 Å². The van der Waals surface area contributed by atoms with Crippen molar-refractivity contribution in [3.63, 3.8) is 0 Å². The topological polar surface area (TPSA) is 123 Å². The van der Waals surface area contributed by atoms with Gasteiger partial charge in [-0.15, -0.1) is 0 Å². The molecule has 1 unspecified atom stereocenters. The second-order valence-electron chi connectivity index (χ2n) is 7.72. The van der Waals surface area contributed by atoms with E-state index >= 15 is 0 Å². The van der Waals surface area contributed by atoms with Gasteiger partial charge in [-0.05, 0) is 37.0 Å². The first kappa shape index (κ1) is 18.8. The smallest absolute Gasteiger partial charge is 0.154 e. The summed E-state index contributed by atoms with van der Waals surface area (Å²) in [4.78, 5) is 13.5. The highest BCUT2D eigenvalue weighted by atomic mass is 16.3. The largest absolute Gasteiger partial charge is 0.393 e. The van der Waals surface area contributed by atoms with Crippen LogP contribution in [0.25, 0.3) is 28.0 Å². The Morgan fingerprint density at radius 3 is 2.77 bits per heavy atom. The van der Waals surface area contributed by atoms with Crippen LogP contribution in [0.15, 0.2) is 55.0 Å². The molecule has 0 amide bonds. The number of benzene rings is 1. The standard InChI is InChI=1S/C22H22N6O2/c23-22(15-6-17(30)7-15)19-11-24-10-18(27-19)13-4-5-14-9-25-28(20(14)8-13)21-3-1-2-16(12-29)26-21/h1-5,8-11,15,17,22,29-30H,6-7,12,23H2. The predicted molar refractivity (Wildman–Crippen MR) is 111 cm³/mol. The first-order valence-corrected chi connectivity index (χ1v) is 9.93. The summed E-state index contributed by atoms with van der Waals surface area (Å²) in [5.41, 5.74) is 10.2. The summed E-state index contributed by atoms with van der Waals surface area (Å²) < 4.78 is 1.75. The van der Waals surface area contributed by atoms with Crippen molar-refractivity contribution in [2.24, 2.45) is 11.7 Å². The number of aliphatic hydroxyl groups is 2. The van der Waals surface area contributed by atoms with Crippen molar-refractivity contribution in [3.8, 4) is 17.1 Å². The molecule has 1 fully saturated rings. The number of rotatable bonds is 5. The third kappa shape index (κ3) is 3.35. The molecular weight excluding hydrogens is 380 g/mol. The SMILES string of the molecule is NC(c1cncc(-c2ccc3cnn(-c4cccc(CO)n4)c3c2)n1)C1CC(O)C1. The van der Waals surface area contributed by atoms with Gasteiger partial charge in [-0.2, -0.15) is 5.10 Å². The lowest BCUT2D eigenvalue weighted by Gasteiger charge is -2.35. The van der Waals surface area contributed by atoms with E-state index in [2.05, 4.69) is 15.1 Å². The van der Waals surface area contributed by atoms with Crippen molar-refractivity contribution in [2.45, 2.75) is 31.6 Å². The van der Waals surface area contributed by atoms with Gasteiger partial charge in [0.25, 0.3) is 0 Å². The normalized spacial score (nSPS) is 19.6. The molecule has 4 aromatic rings. The molecule has 0 saturated heterocycles. The van der Waals surface area contributed by atoms with Gasteiger partial charge in [-0.25, -0.2) is 14.6 Å². The van der Waals surface area contributed by atoms with Crippen LogP contribution in [0, 0.1) is 5.92 Å². The summed E-state index contributed by atoms with van der Waals surface area (Å²) in [6, 6.07) is 11.2. The number of nitrogens with zero attached hydrogens (tertiary/aromatic N) is 5. The Kier molecular flexibility index (Phi) is 4.74. The van der Waals surface area contributed by atoms with Crippen LogP contribution in [-0.4, -0.2) is 41.0 Å². The van der Waals surface area contributed by atoms with Crippen molar-refractivity contribution in [2.75, 3.05) is 0 Å². The predicted octanol–water partition coefficient (Wildman–Crippen LogP) is 2.14. The van der Waals surface area contributed by atoms with Gasteiger partial charge >= 0.3 is 0 Å². The van der Waals surface area contributed by atoms with Crippen LogP contribution in [0.2, 0.25) is 0 Å². The molecule has 30 heavy (non-hydrogen) atoms. The maximum Gasteiger partial charge on any atom is 0.154 e. The molecule has 4 N–H and O–H groups in total. The van der Waals surface area contributed by atoms with Gasteiger partial charge in [0, 0.05) is 10.9 Å². The Balaban J connectivity index is 1.52. The van der Waals surface area contributed by atoms with Crippen LogP contribution in [0.5, 0.6) is 0 Å². The lowest BCUT2D eigenvalue weighted by molar-refractivity contribution is 0.0301. The minimum Gasteiger partial charge on any atom is -0.393 e. The highest BCUT2D eigenvalue weighted by Crippen LogP contribution is 2.36. The molecule has 5 rings (SSSR count).